The van der Waals surface area contributed by atoms with Gasteiger partial charge < -0.3 is 43.8 Å². The first-order valence-electron chi connectivity index (χ1n) is 12.5. The van der Waals surface area contributed by atoms with Gasteiger partial charge in [0.2, 0.25) is 6.29 Å². The van der Waals surface area contributed by atoms with Gasteiger partial charge in [0.15, 0.2) is 5.75 Å². The molecule has 0 unspecified atom stereocenters. The van der Waals surface area contributed by atoms with E-state index in [-0.39, 0.29) is 17.9 Å². The fourth-order valence-corrected chi connectivity index (χ4v) is 4.01. The lowest BCUT2D eigenvalue weighted by molar-refractivity contribution is -0.278. The van der Waals surface area contributed by atoms with Crippen molar-refractivity contribution in [2.45, 2.75) is 57.1 Å². The van der Waals surface area contributed by atoms with Crippen LogP contribution in [0.4, 0.5) is 0 Å². The van der Waals surface area contributed by atoms with Gasteiger partial charge in [-0.3, -0.25) is 0 Å². The van der Waals surface area contributed by atoms with Crippen LogP contribution >= 0.6 is 0 Å². The number of fused-ring (bicyclic) bond motifs is 1. The summed E-state index contributed by atoms with van der Waals surface area (Å²) >= 11 is 0. The highest BCUT2D eigenvalue weighted by Crippen LogP contribution is 2.37. The first kappa shape index (κ1) is 27.6. The Morgan fingerprint density at radius 1 is 0.947 bits per heavy atom. The fraction of sp³-hybridized carbons (Fsp3) is 0.393. The van der Waals surface area contributed by atoms with E-state index in [1.807, 2.05) is 36.4 Å². The van der Waals surface area contributed by atoms with Crippen molar-refractivity contribution in [1.82, 2.24) is 0 Å². The Labute approximate surface area is 219 Å². The summed E-state index contributed by atoms with van der Waals surface area (Å²) in [6, 6.07) is 14.2. The molecular weight excluding hydrogens is 496 g/mol. The molecule has 2 aromatic carbocycles. The smallest absolute Gasteiger partial charge is 0.383 e. The Morgan fingerprint density at radius 2 is 1.74 bits per heavy atom. The summed E-state index contributed by atoms with van der Waals surface area (Å²) in [5.41, 5.74) is 0.106. The molecule has 0 saturated carbocycles. The minimum Gasteiger partial charge on any atom is -0.493 e. The van der Waals surface area contributed by atoms with E-state index >= 15 is 0 Å². The Bertz CT molecular complexity index is 1270. The van der Waals surface area contributed by atoms with Crippen LogP contribution in [0.15, 0.2) is 69.9 Å². The Kier molecular flexibility index (Phi) is 9.38. The van der Waals surface area contributed by atoms with Crippen LogP contribution in [0.25, 0.3) is 11.0 Å². The molecule has 10 heteroatoms. The minimum atomic E-state index is -1.72. The van der Waals surface area contributed by atoms with Crippen molar-refractivity contribution in [3.8, 4) is 17.2 Å². The molecule has 1 aromatic heterocycles. The number of hydrogen-bond donors (Lipinski definition) is 4. The maximum absolute atomic E-state index is 13.1. The molecule has 1 aliphatic heterocycles. The van der Waals surface area contributed by atoms with Crippen molar-refractivity contribution < 1.29 is 43.8 Å². The van der Waals surface area contributed by atoms with Gasteiger partial charge in [-0.2, -0.15) is 0 Å². The topological polar surface area (TPSA) is 148 Å². The van der Waals surface area contributed by atoms with Crippen molar-refractivity contribution >= 4 is 11.0 Å². The molecule has 1 saturated heterocycles. The quantitative estimate of drug-likeness (QED) is 0.166. The van der Waals surface area contributed by atoms with Crippen LogP contribution in [0.1, 0.15) is 25.3 Å². The molecule has 0 aliphatic carbocycles. The van der Waals surface area contributed by atoms with E-state index in [0.717, 1.165) is 18.4 Å². The van der Waals surface area contributed by atoms with Gasteiger partial charge in [-0.15, -0.1) is 0 Å². The Hall–Kier alpha value is -3.41. The van der Waals surface area contributed by atoms with Gasteiger partial charge in [0.1, 0.15) is 42.4 Å². The Balaban J connectivity index is 1.67. The molecule has 0 spiro atoms. The first-order chi connectivity index (χ1) is 18.4. The number of aliphatic hydroxyl groups excluding tert-OH is 4. The molecule has 10 nitrogen and oxygen atoms in total. The normalized spacial score (nSPS) is 23.6. The monoisotopic (exact) mass is 528 g/mol. The van der Waals surface area contributed by atoms with Crippen molar-refractivity contribution in [2.24, 2.45) is 0 Å². The van der Waals surface area contributed by atoms with Crippen LogP contribution in [-0.2, 0) is 11.3 Å². The van der Waals surface area contributed by atoms with E-state index in [0.29, 0.717) is 17.7 Å². The molecule has 0 radical (unpaired) electrons. The van der Waals surface area contributed by atoms with Crippen LogP contribution in [0.3, 0.4) is 0 Å². The molecule has 3 aromatic rings. The molecule has 204 valence electrons. The maximum atomic E-state index is 13.1. The standard InChI is InChI=1S/C28H32O10/c1-2-3-4-8-13-34-18-11-12-19-20(14-18)36-27(33)26(25(19)35-16-17-9-6-5-7-10-17)38-28-24(32)23(31)22(30)21(15-29)37-28/h3-7,9-12,14,21-24,28-32H,2,8,13,15-16H2,1H3/t21-,22+,23+,24-,28+/m1/s1. The number of ether oxygens (including phenoxy) is 4. The van der Waals surface area contributed by atoms with Crippen LogP contribution in [0.2, 0.25) is 0 Å². The lowest BCUT2D eigenvalue weighted by Gasteiger charge is -2.39. The second kappa shape index (κ2) is 12.9. The molecule has 0 bridgehead atoms. The lowest BCUT2D eigenvalue weighted by Crippen LogP contribution is -2.60. The molecule has 1 fully saturated rings. The molecule has 0 amide bonds. The van der Waals surface area contributed by atoms with Crippen LogP contribution < -0.4 is 19.8 Å². The van der Waals surface area contributed by atoms with Gasteiger partial charge >= 0.3 is 5.63 Å². The number of benzene rings is 2. The van der Waals surface area contributed by atoms with Gasteiger partial charge in [-0.05, 0) is 30.5 Å². The molecule has 5 atom stereocenters. The second-order valence-corrected chi connectivity index (χ2v) is 8.81. The zero-order chi connectivity index (χ0) is 27.1. The average molecular weight is 529 g/mol. The molecule has 2 heterocycles. The molecule has 38 heavy (non-hydrogen) atoms. The Morgan fingerprint density at radius 3 is 2.47 bits per heavy atom. The second-order valence-electron chi connectivity index (χ2n) is 8.81. The van der Waals surface area contributed by atoms with Gasteiger partial charge in [-0.1, -0.05) is 49.4 Å². The highest BCUT2D eigenvalue weighted by Gasteiger charge is 2.45. The number of hydrogen-bond acceptors (Lipinski definition) is 10. The maximum Gasteiger partial charge on any atom is 0.383 e. The van der Waals surface area contributed by atoms with E-state index in [2.05, 4.69) is 13.0 Å². The number of rotatable bonds is 11. The van der Waals surface area contributed by atoms with Crippen molar-refractivity contribution in [2.75, 3.05) is 13.2 Å². The minimum absolute atomic E-state index is 0.0366. The predicted octanol–water partition coefficient (Wildman–Crippen LogP) is 2.29. The predicted molar refractivity (Wildman–Crippen MR) is 137 cm³/mol. The molecule has 4 rings (SSSR count). The molecule has 1 aliphatic rings. The SMILES string of the molecule is CCC=CCCOc1ccc2c(OCc3ccccc3)c(O[C@@H]3O[C@H](CO)[C@H](O)[C@H](O)[C@H]3O)c(=O)oc2c1. The van der Waals surface area contributed by atoms with Crippen molar-refractivity contribution in [3.05, 3.63) is 76.7 Å². The van der Waals surface area contributed by atoms with Crippen LogP contribution in [0, 0.1) is 0 Å². The van der Waals surface area contributed by atoms with Crippen molar-refractivity contribution in [1.29, 1.82) is 0 Å². The van der Waals surface area contributed by atoms with Gasteiger partial charge in [0.05, 0.1) is 18.6 Å². The summed E-state index contributed by atoms with van der Waals surface area (Å²) in [4.78, 5) is 13.1. The van der Waals surface area contributed by atoms with E-state index in [1.165, 1.54) is 0 Å². The summed E-state index contributed by atoms with van der Waals surface area (Å²) in [5.74, 6) is 0.146. The number of allylic oxidation sites excluding steroid dienone is 1. The average Bonchev–Trinajstić information content (AvgIpc) is 2.93. The summed E-state index contributed by atoms with van der Waals surface area (Å²) in [6.07, 6.45) is -2.03. The fourth-order valence-electron chi connectivity index (χ4n) is 4.01. The molecular formula is C28H32O10. The van der Waals surface area contributed by atoms with E-state index < -0.39 is 48.7 Å². The lowest BCUT2D eigenvalue weighted by atomic mass is 9.99. The summed E-state index contributed by atoms with van der Waals surface area (Å²) in [7, 11) is 0. The van der Waals surface area contributed by atoms with E-state index in [4.69, 9.17) is 23.4 Å². The highest BCUT2D eigenvalue weighted by molar-refractivity contribution is 5.86. The van der Waals surface area contributed by atoms with Crippen molar-refractivity contribution in [3.63, 3.8) is 0 Å². The first-order valence-corrected chi connectivity index (χ1v) is 12.5. The summed E-state index contributed by atoms with van der Waals surface area (Å²) in [5, 5.41) is 40.5. The number of aliphatic hydroxyl groups is 4. The third kappa shape index (κ3) is 6.35. The van der Waals surface area contributed by atoms with E-state index in [9.17, 15) is 25.2 Å². The van der Waals surface area contributed by atoms with Gasteiger partial charge in [-0.25, -0.2) is 4.79 Å². The highest BCUT2D eigenvalue weighted by atomic mass is 16.7. The van der Waals surface area contributed by atoms with E-state index in [1.54, 1.807) is 18.2 Å². The summed E-state index contributed by atoms with van der Waals surface area (Å²) < 4.78 is 28.4. The third-order valence-corrected chi connectivity index (χ3v) is 6.06. The van der Waals surface area contributed by atoms with Crippen LogP contribution in [0.5, 0.6) is 17.2 Å². The van der Waals surface area contributed by atoms with Crippen LogP contribution in [-0.4, -0.2) is 64.3 Å². The third-order valence-electron chi connectivity index (χ3n) is 6.06. The summed E-state index contributed by atoms with van der Waals surface area (Å²) in [6.45, 7) is 1.94. The van der Waals surface area contributed by atoms with Gasteiger partial charge in [0.25, 0.3) is 5.75 Å². The largest absolute Gasteiger partial charge is 0.493 e. The zero-order valence-corrected chi connectivity index (χ0v) is 20.9. The zero-order valence-electron chi connectivity index (χ0n) is 20.9. The molecule has 4 N–H and O–H groups in total. The van der Waals surface area contributed by atoms with Gasteiger partial charge in [0, 0.05) is 6.07 Å².